The van der Waals surface area contributed by atoms with Gasteiger partial charge in [-0.15, -0.1) is 0 Å². The summed E-state index contributed by atoms with van der Waals surface area (Å²) in [5, 5.41) is 5.62. The Bertz CT molecular complexity index is 902. The van der Waals surface area contributed by atoms with Gasteiger partial charge in [-0.05, 0) is 89.8 Å². The van der Waals surface area contributed by atoms with E-state index in [4.69, 9.17) is 9.47 Å². The number of nitrogens with one attached hydrogen (secondary N) is 2. The second-order valence-corrected chi connectivity index (χ2v) is 11.1. The van der Waals surface area contributed by atoms with E-state index in [1.807, 2.05) is 65.8 Å². The van der Waals surface area contributed by atoms with E-state index in [-0.39, 0.29) is 5.41 Å². The van der Waals surface area contributed by atoms with Crippen LogP contribution in [0.1, 0.15) is 84.8 Å². The zero-order valence-electron chi connectivity index (χ0n) is 21.3. The predicted molar refractivity (Wildman–Crippen MR) is 136 cm³/mol. The number of benzene rings is 2. The maximum Gasteiger partial charge on any atom is 0.412 e. The lowest BCUT2D eigenvalue weighted by Gasteiger charge is -2.39. The SMILES string of the molecule is CC(C)(C)OC(=O)Nc1ccc(C2(c3ccc(NC(=O)OC(C)(C)C)cc3)CCCCC2)cc1. The van der Waals surface area contributed by atoms with Gasteiger partial charge in [0.05, 0.1) is 0 Å². The Morgan fingerprint density at radius 1 is 0.647 bits per heavy atom. The van der Waals surface area contributed by atoms with Crippen LogP contribution in [0.3, 0.4) is 0 Å². The molecule has 6 heteroatoms. The van der Waals surface area contributed by atoms with Crippen LogP contribution < -0.4 is 10.6 Å². The molecular formula is C28H38N2O4. The van der Waals surface area contributed by atoms with Crippen LogP contribution in [0.5, 0.6) is 0 Å². The summed E-state index contributed by atoms with van der Waals surface area (Å²) in [6.45, 7) is 11.1. The average Bonchev–Trinajstić information content (AvgIpc) is 2.72. The van der Waals surface area contributed by atoms with Gasteiger partial charge < -0.3 is 9.47 Å². The zero-order chi connectivity index (χ0) is 25.0. The van der Waals surface area contributed by atoms with Gasteiger partial charge in [0, 0.05) is 16.8 Å². The summed E-state index contributed by atoms with van der Waals surface area (Å²) in [5.74, 6) is 0. The normalized spacial score (nSPS) is 15.8. The van der Waals surface area contributed by atoms with Crippen LogP contribution in [-0.2, 0) is 14.9 Å². The van der Waals surface area contributed by atoms with Crippen LogP contribution in [0.15, 0.2) is 48.5 Å². The highest BCUT2D eigenvalue weighted by Crippen LogP contribution is 2.45. The monoisotopic (exact) mass is 466 g/mol. The summed E-state index contributed by atoms with van der Waals surface area (Å²) in [6, 6.07) is 16.2. The standard InChI is InChI=1S/C28H38N2O4/c1-26(2,3)33-24(31)29-22-14-10-20(11-15-22)28(18-8-7-9-19-28)21-12-16-23(17-13-21)30-25(32)34-27(4,5)6/h10-17H,7-9,18-19H2,1-6H3,(H,29,31)(H,30,32). The van der Waals surface area contributed by atoms with E-state index in [2.05, 4.69) is 34.9 Å². The molecule has 3 rings (SSSR count). The molecule has 1 aliphatic carbocycles. The van der Waals surface area contributed by atoms with Gasteiger partial charge in [0.2, 0.25) is 0 Å². The molecular weight excluding hydrogens is 428 g/mol. The highest BCUT2D eigenvalue weighted by Gasteiger charge is 2.35. The van der Waals surface area contributed by atoms with Gasteiger partial charge in [-0.25, -0.2) is 9.59 Å². The molecule has 0 radical (unpaired) electrons. The lowest BCUT2D eigenvalue weighted by Crippen LogP contribution is -2.30. The van der Waals surface area contributed by atoms with E-state index < -0.39 is 23.4 Å². The fourth-order valence-electron chi connectivity index (χ4n) is 4.49. The van der Waals surface area contributed by atoms with Crippen molar-refractivity contribution in [2.45, 2.75) is 90.3 Å². The molecule has 1 aliphatic rings. The van der Waals surface area contributed by atoms with Crippen LogP contribution in [0.25, 0.3) is 0 Å². The lowest BCUT2D eigenvalue weighted by atomic mass is 9.65. The lowest BCUT2D eigenvalue weighted by molar-refractivity contribution is 0.0624. The molecule has 0 spiro atoms. The first-order valence-corrected chi connectivity index (χ1v) is 12.1. The minimum atomic E-state index is -0.541. The molecule has 34 heavy (non-hydrogen) atoms. The van der Waals surface area contributed by atoms with Gasteiger partial charge in [0.25, 0.3) is 0 Å². The molecule has 1 fully saturated rings. The van der Waals surface area contributed by atoms with Gasteiger partial charge in [0.15, 0.2) is 0 Å². The second kappa shape index (κ2) is 10.1. The van der Waals surface area contributed by atoms with E-state index >= 15 is 0 Å². The van der Waals surface area contributed by atoms with Gasteiger partial charge in [-0.2, -0.15) is 0 Å². The Balaban J connectivity index is 1.78. The van der Waals surface area contributed by atoms with Crippen molar-refractivity contribution in [1.82, 2.24) is 0 Å². The molecule has 184 valence electrons. The number of hydrogen-bond donors (Lipinski definition) is 2. The molecule has 2 N–H and O–H groups in total. The van der Waals surface area contributed by atoms with Crippen molar-refractivity contribution in [3.8, 4) is 0 Å². The Labute approximate surface area is 203 Å². The summed E-state index contributed by atoms with van der Waals surface area (Å²) in [7, 11) is 0. The zero-order valence-corrected chi connectivity index (χ0v) is 21.3. The van der Waals surface area contributed by atoms with E-state index in [9.17, 15) is 9.59 Å². The largest absolute Gasteiger partial charge is 0.444 e. The Morgan fingerprint density at radius 2 is 1.00 bits per heavy atom. The number of amides is 2. The number of ether oxygens (including phenoxy) is 2. The van der Waals surface area contributed by atoms with Crippen LogP contribution in [0, 0.1) is 0 Å². The van der Waals surface area contributed by atoms with Crippen LogP contribution in [0.2, 0.25) is 0 Å². The molecule has 0 bridgehead atoms. The van der Waals surface area contributed by atoms with Crippen molar-refractivity contribution in [2.24, 2.45) is 0 Å². The van der Waals surface area contributed by atoms with Crippen molar-refractivity contribution in [1.29, 1.82) is 0 Å². The quantitative estimate of drug-likeness (QED) is 0.485. The van der Waals surface area contributed by atoms with Gasteiger partial charge in [0.1, 0.15) is 11.2 Å². The summed E-state index contributed by atoms with van der Waals surface area (Å²) in [6.07, 6.45) is 4.76. The van der Waals surface area contributed by atoms with Crippen LogP contribution in [-0.4, -0.2) is 23.4 Å². The van der Waals surface area contributed by atoms with Crippen molar-refractivity contribution < 1.29 is 19.1 Å². The van der Waals surface area contributed by atoms with Crippen molar-refractivity contribution in [2.75, 3.05) is 10.6 Å². The minimum Gasteiger partial charge on any atom is -0.444 e. The molecule has 0 heterocycles. The molecule has 2 amide bonds. The molecule has 0 aliphatic heterocycles. The predicted octanol–water partition coefficient (Wildman–Crippen LogP) is 7.63. The molecule has 6 nitrogen and oxygen atoms in total. The molecule has 0 aromatic heterocycles. The topological polar surface area (TPSA) is 76.7 Å². The Kier molecular flexibility index (Phi) is 7.59. The third kappa shape index (κ3) is 6.99. The third-order valence-corrected chi connectivity index (χ3v) is 5.87. The van der Waals surface area contributed by atoms with Crippen molar-refractivity contribution in [3.63, 3.8) is 0 Å². The minimum absolute atomic E-state index is 0.0901. The maximum absolute atomic E-state index is 12.1. The molecule has 1 saturated carbocycles. The van der Waals surface area contributed by atoms with E-state index in [1.165, 1.54) is 17.5 Å². The van der Waals surface area contributed by atoms with Crippen molar-refractivity contribution >= 4 is 23.6 Å². The molecule has 2 aromatic rings. The average molecular weight is 467 g/mol. The highest BCUT2D eigenvalue weighted by molar-refractivity contribution is 5.85. The second-order valence-electron chi connectivity index (χ2n) is 11.1. The number of carbonyl (C=O) groups excluding carboxylic acids is 2. The summed E-state index contributed by atoms with van der Waals surface area (Å²) >= 11 is 0. The van der Waals surface area contributed by atoms with Gasteiger partial charge >= 0.3 is 12.2 Å². The van der Waals surface area contributed by atoms with Crippen LogP contribution in [0.4, 0.5) is 21.0 Å². The number of rotatable bonds is 4. The third-order valence-electron chi connectivity index (χ3n) is 5.87. The Morgan fingerprint density at radius 3 is 1.32 bits per heavy atom. The maximum atomic E-state index is 12.1. The van der Waals surface area contributed by atoms with Crippen molar-refractivity contribution in [3.05, 3.63) is 59.7 Å². The summed E-state index contributed by atoms with van der Waals surface area (Å²) in [5.41, 5.74) is 2.71. The fourth-order valence-corrected chi connectivity index (χ4v) is 4.49. The fraction of sp³-hybridized carbons (Fsp3) is 0.500. The first-order valence-electron chi connectivity index (χ1n) is 12.1. The number of carbonyl (C=O) groups is 2. The highest BCUT2D eigenvalue weighted by atomic mass is 16.6. The molecule has 0 saturated heterocycles. The van der Waals surface area contributed by atoms with Gasteiger partial charge in [-0.1, -0.05) is 43.5 Å². The molecule has 0 atom stereocenters. The first kappa shape index (κ1) is 25.6. The van der Waals surface area contributed by atoms with E-state index in [0.29, 0.717) is 11.4 Å². The first-order chi connectivity index (χ1) is 15.9. The molecule has 0 unspecified atom stereocenters. The number of anilines is 2. The van der Waals surface area contributed by atoms with Gasteiger partial charge in [-0.3, -0.25) is 10.6 Å². The smallest absolute Gasteiger partial charge is 0.412 e. The van der Waals surface area contributed by atoms with E-state index in [0.717, 1.165) is 25.7 Å². The van der Waals surface area contributed by atoms with E-state index in [1.54, 1.807) is 0 Å². The summed E-state index contributed by atoms with van der Waals surface area (Å²) < 4.78 is 10.7. The number of hydrogen-bond acceptors (Lipinski definition) is 4. The van der Waals surface area contributed by atoms with Crippen LogP contribution >= 0.6 is 0 Å². The molecule has 2 aromatic carbocycles. The summed E-state index contributed by atoms with van der Waals surface area (Å²) in [4.78, 5) is 24.2. The Hall–Kier alpha value is -3.02.